The van der Waals surface area contributed by atoms with Gasteiger partial charge in [-0.05, 0) is 67.0 Å². The van der Waals surface area contributed by atoms with Crippen LogP contribution in [0.5, 0.6) is 11.5 Å². The van der Waals surface area contributed by atoms with Gasteiger partial charge in [-0.3, -0.25) is 0 Å². The summed E-state index contributed by atoms with van der Waals surface area (Å²) in [6.07, 6.45) is 3.27. The summed E-state index contributed by atoms with van der Waals surface area (Å²) in [4.78, 5) is 13.2. The maximum atomic E-state index is 13.2. The molecule has 1 aliphatic carbocycles. The number of hydrogen-bond acceptors (Lipinski definition) is 4. The zero-order valence-electron chi connectivity index (χ0n) is 21.0. The van der Waals surface area contributed by atoms with Crippen molar-refractivity contribution >= 4 is 17.0 Å². The van der Waals surface area contributed by atoms with Crippen LogP contribution < -0.4 is 14.0 Å². The molecule has 34 heavy (non-hydrogen) atoms. The van der Waals surface area contributed by atoms with Crippen molar-refractivity contribution in [1.82, 2.24) is 4.57 Å². The number of ether oxygens (including phenoxy) is 3. The molecule has 6 nitrogen and oxygen atoms in total. The topological polar surface area (TPSA) is 53.6 Å². The Labute approximate surface area is 202 Å². The molecular formula is C28H37N2O4+. The van der Waals surface area contributed by atoms with Gasteiger partial charge in [0.05, 0.1) is 14.2 Å². The molecular weight excluding hydrogens is 428 g/mol. The maximum Gasteiger partial charge on any atom is 0.348 e. The largest absolute Gasteiger partial charge is 0.497 e. The van der Waals surface area contributed by atoms with Gasteiger partial charge in [-0.15, -0.1) is 0 Å². The number of imidazole rings is 1. The third kappa shape index (κ3) is 5.21. The van der Waals surface area contributed by atoms with Crippen LogP contribution in [0.15, 0.2) is 48.5 Å². The van der Waals surface area contributed by atoms with E-state index >= 15 is 0 Å². The van der Waals surface area contributed by atoms with Gasteiger partial charge >= 0.3 is 5.97 Å². The highest BCUT2D eigenvalue weighted by molar-refractivity contribution is 5.76. The molecule has 0 N–H and O–H groups in total. The van der Waals surface area contributed by atoms with Crippen LogP contribution in [0.3, 0.4) is 0 Å². The van der Waals surface area contributed by atoms with Crippen molar-refractivity contribution in [2.24, 2.45) is 24.8 Å². The lowest BCUT2D eigenvalue weighted by atomic mass is 9.75. The van der Waals surface area contributed by atoms with E-state index in [2.05, 4.69) is 31.4 Å². The second-order valence-corrected chi connectivity index (χ2v) is 9.87. The molecule has 0 spiro atoms. The standard InChI is InChI=1S/C28H37N2O4/c1-19(2)23-15-10-20(3)16-26(23)34-28(31)17-30-25-9-7-6-8-24(25)29(4)27(30)18-33-22-13-11-21(32-5)12-14-22/h6-9,11-14,19-20,23,26H,10,15-18H2,1-5H3/q+1/t20-,23+,26+/m0/s1. The van der Waals surface area contributed by atoms with Gasteiger partial charge in [0, 0.05) is 0 Å². The van der Waals surface area contributed by atoms with Crippen LogP contribution in [-0.4, -0.2) is 23.8 Å². The van der Waals surface area contributed by atoms with Crippen LogP contribution in [-0.2, 0) is 29.7 Å². The van der Waals surface area contributed by atoms with Gasteiger partial charge in [-0.1, -0.05) is 39.3 Å². The number of hydrogen-bond donors (Lipinski definition) is 0. The lowest BCUT2D eigenvalue weighted by Gasteiger charge is -2.36. The van der Waals surface area contributed by atoms with Crippen molar-refractivity contribution in [1.29, 1.82) is 0 Å². The van der Waals surface area contributed by atoms with Crippen molar-refractivity contribution in [2.45, 2.75) is 59.3 Å². The maximum absolute atomic E-state index is 13.2. The quantitative estimate of drug-likeness (QED) is 0.345. The molecule has 1 aliphatic rings. The molecule has 1 aromatic heterocycles. The molecule has 1 fully saturated rings. The van der Waals surface area contributed by atoms with E-state index in [9.17, 15) is 4.79 Å². The first-order valence-corrected chi connectivity index (χ1v) is 12.3. The van der Waals surface area contributed by atoms with E-state index in [-0.39, 0.29) is 18.6 Å². The highest BCUT2D eigenvalue weighted by atomic mass is 16.5. The van der Waals surface area contributed by atoms with Crippen LogP contribution in [0, 0.1) is 17.8 Å². The number of benzene rings is 2. The number of para-hydroxylation sites is 2. The third-order valence-electron chi connectivity index (χ3n) is 7.19. The Bertz CT molecular complexity index is 1120. The fourth-order valence-corrected chi connectivity index (χ4v) is 5.19. The Morgan fingerprint density at radius 3 is 2.50 bits per heavy atom. The second kappa shape index (κ2) is 10.5. The number of carbonyl (C=O) groups excluding carboxylic acids is 1. The van der Waals surface area contributed by atoms with Gasteiger partial charge < -0.3 is 14.2 Å². The molecule has 0 aliphatic heterocycles. The van der Waals surface area contributed by atoms with Gasteiger partial charge in [-0.25, -0.2) is 13.9 Å². The fraction of sp³-hybridized carbons (Fsp3) is 0.500. The molecule has 182 valence electrons. The number of fused-ring (bicyclic) bond motifs is 1. The van der Waals surface area contributed by atoms with Gasteiger partial charge in [0.25, 0.3) is 5.82 Å². The second-order valence-electron chi connectivity index (χ2n) is 9.87. The molecule has 2 aromatic carbocycles. The summed E-state index contributed by atoms with van der Waals surface area (Å²) in [7, 11) is 3.65. The normalized spacial score (nSPS) is 20.5. The highest BCUT2D eigenvalue weighted by Crippen LogP contribution is 2.35. The average molecular weight is 466 g/mol. The van der Waals surface area contributed by atoms with Crippen molar-refractivity contribution in [2.75, 3.05) is 7.11 Å². The molecule has 3 atom stereocenters. The van der Waals surface area contributed by atoms with Gasteiger partial charge in [0.2, 0.25) is 0 Å². The minimum absolute atomic E-state index is 0.00849. The fourth-order valence-electron chi connectivity index (χ4n) is 5.19. The third-order valence-corrected chi connectivity index (χ3v) is 7.19. The molecule has 1 saturated carbocycles. The number of esters is 1. The summed E-state index contributed by atoms with van der Waals surface area (Å²) in [6.45, 7) is 7.22. The lowest BCUT2D eigenvalue weighted by molar-refractivity contribution is -0.655. The first-order chi connectivity index (χ1) is 16.4. The van der Waals surface area contributed by atoms with Crippen molar-refractivity contribution < 1.29 is 23.6 Å². The van der Waals surface area contributed by atoms with Crippen molar-refractivity contribution in [3.05, 3.63) is 54.4 Å². The highest BCUT2D eigenvalue weighted by Gasteiger charge is 2.34. The van der Waals surface area contributed by atoms with Crippen LogP contribution >= 0.6 is 0 Å². The van der Waals surface area contributed by atoms with E-state index in [4.69, 9.17) is 14.2 Å². The van der Waals surface area contributed by atoms with Gasteiger partial charge in [0.15, 0.2) is 24.2 Å². The summed E-state index contributed by atoms with van der Waals surface area (Å²) >= 11 is 0. The Kier molecular flexibility index (Phi) is 7.44. The van der Waals surface area contributed by atoms with Crippen molar-refractivity contribution in [3.63, 3.8) is 0 Å². The molecule has 0 radical (unpaired) electrons. The molecule has 0 bridgehead atoms. The SMILES string of the molecule is COc1ccc(OCc2n(CC(=O)O[C@@H]3C[C@@H](C)CC[C@@H]3C(C)C)c3ccccc3[n+]2C)cc1. The first kappa shape index (κ1) is 24.1. The summed E-state index contributed by atoms with van der Waals surface area (Å²) in [5.41, 5.74) is 2.04. The van der Waals surface area contributed by atoms with E-state index < -0.39 is 0 Å². The molecule has 0 unspecified atom stereocenters. The van der Waals surface area contributed by atoms with E-state index in [1.165, 1.54) is 6.42 Å². The summed E-state index contributed by atoms with van der Waals surface area (Å²) < 4.78 is 21.5. The number of aromatic nitrogens is 2. The monoisotopic (exact) mass is 465 g/mol. The molecule has 3 aromatic rings. The number of carbonyl (C=O) groups is 1. The summed E-state index contributed by atoms with van der Waals surface area (Å²) in [5, 5.41) is 0. The number of rotatable bonds is 8. The number of nitrogens with zero attached hydrogens (tertiary/aromatic N) is 2. The van der Waals surface area contributed by atoms with E-state index in [0.29, 0.717) is 24.4 Å². The Morgan fingerprint density at radius 1 is 1.09 bits per heavy atom. The van der Waals surface area contributed by atoms with E-state index in [1.807, 2.05) is 54.1 Å². The number of aryl methyl sites for hydroxylation is 1. The lowest BCUT2D eigenvalue weighted by Crippen LogP contribution is -2.37. The smallest absolute Gasteiger partial charge is 0.348 e. The van der Waals surface area contributed by atoms with Gasteiger partial charge in [0.1, 0.15) is 17.6 Å². The van der Waals surface area contributed by atoms with Gasteiger partial charge in [-0.2, -0.15) is 0 Å². The Hall–Kier alpha value is -3.02. The predicted molar refractivity (Wildman–Crippen MR) is 132 cm³/mol. The van der Waals surface area contributed by atoms with Crippen LogP contribution in [0.4, 0.5) is 0 Å². The molecule has 6 heteroatoms. The van der Waals surface area contributed by atoms with Crippen molar-refractivity contribution in [3.8, 4) is 11.5 Å². The van der Waals surface area contributed by atoms with Crippen LogP contribution in [0.1, 0.15) is 45.9 Å². The molecule has 0 saturated heterocycles. The zero-order chi connectivity index (χ0) is 24.2. The van der Waals surface area contributed by atoms with E-state index in [1.54, 1.807) is 7.11 Å². The molecule has 0 amide bonds. The minimum Gasteiger partial charge on any atom is -0.497 e. The van der Waals surface area contributed by atoms with Crippen LogP contribution in [0.25, 0.3) is 11.0 Å². The summed E-state index contributed by atoms with van der Waals surface area (Å²) in [6, 6.07) is 15.6. The van der Waals surface area contributed by atoms with E-state index in [0.717, 1.165) is 41.2 Å². The zero-order valence-corrected chi connectivity index (χ0v) is 21.0. The minimum atomic E-state index is -0.184. The van der Waals surface area contributed by atoms with Crippen LogP contribution in [0.2, 0.25) is 0 Å². The Morgan fingerprint density at radius 2 is 1.79 bits per heavy atom. The average Bonchev–Trinajstić information content (AvgIpc) is 3.08. The molecule has 4 rings (SSSR count). The first-order valence-electron chi connectivity index (χ1n) is 12.3. The predicted octanol–water partition coefficient (Wildman–Crippen LogP) is 5.06. The summed E-state index contributed by atoms with van der Waals surface area (Å²) in [5.74, 6) is 3.77. The molecule has 1 heterocycles. The number of methoxy groups -OCH3 is 1. The Balaban J connectivity index is 1.55.